The Morgan fingerprint density at radius 1 is 0.957 bits per heavy atom. The summed E-state index contributed by atoms with van der Waals surface area (Å²) in [5.41, 5.74) is 0. The van der Waals surface area contributed by atoms with Crippen LogP contribution in [0.25, 0.3) is 0 Å². The summed E-state index contributed by atoms with van der Waals surface area (Å²) < 4.78 is 0. The second-order valence-electron chi connectivity index (χ2n) is 13.1. The summed E-state index contributed by atoms with van der Waals surface area (Å²) in [6.07, 6.45) is 18.9. The van der Waals surface area contributed by atoms with E-state index in [1.54, 1.807) is 6.08 Å². The van der Waals surface area contributed by atoms with E-state index in [0.717, 1.165) is 76.4 Å². The van der Waals surface area contributed by atoms with E-state index in [9.17, 15) is 29.4 Å². The van der Waals surface area contributed by atoms with Crippen molar-refractivity contribution in [3.05, 3.63) is 24.3 Å². The first kappa shape index (κ1) is 38.1. The summed E-state index contributed by atoms with van der Waals surface area (Å²) in [5.74, 6) is 0.628. The zero-order chi connectivity index (χ0) is 33.1. The van der Waals surface area contributed by atoms with E-state index in [4.69, 9.17) is 0 Å². The molecule has 7 atom stereocenters. The van der Waals surface area contributed by atoms with Gasteiger partial charge in [-0.15, -0.1) is 0 Å². The second kappa shape index (κ2) is 21.5. The molecular formula is C35H58N4O6S. The summed E-state index contributed by atoms with van der Waals surface area (Å²) in [7, 11) is 0. The Hall–Kier alpha value is -2.37. The monoisotopic (exact) mass is 662 g/mol. The number of allylic oxidation sites excluding steroid dienone is 2. The molecule has 0 spiro atoms. The lowest BCUT2D eigenvalue weighted by Gasteiger charge is -2.16. The number of Topliss-reactive ketones (excluding diaryl/α,β-unsaturated/α-hetero) is 1. The molecule has 3 fully saturated rings. The minimum Gasteiger partial charge on any atom is -0.392 e. The molecule has 3 aliphatic rings. The molecule has 10 nitrogen and oxygen atoms in total. The van der Waals surface area contributed by atoms with Gasteiger partial charge in [-0.3, -0.25) is 14.4 Å². The van der Waals surface area contributed by atoms with Gasteiger partial charge >= 0.3 is 6.03 Å². The highest BCUT2D eigenvalue weighted by atomic mass is 32.2. The third kappa shape index (κ3) is 13.8. The number of unbranched alkanes of at least 4 members (excludes halogenated alkanes) is 6. The first-order valence-electron chi connectivity index (χ1n) is 17.7. The van der Waals surface area contributed by atoms with E-state index in [1.165, 1.54) is 0 Å². The topological polar surface area (TPSA) is 157 Å². The molecule has 0 bridgehead atoms. The molecule has 0 aromatic heterocycles. The van der Waals surface area contributed by atoms with Gasteiger partial charge in [0.1, 0.15) is 5.78 Å². The number of rotatable bonds is 23. The normalized spacial score (nSPS) is 26.4. The average Bonchev–Trinajstić information content (AvgIpc) is 3.66. The number of hydrogen-bond donors (Lipinski definition) is 6. The zero-order valence-corrected chi connectivity index (χ0v) is 28.5. The highest BCUT2D eigenvalue weighted by Gasteiger charge is 2.42. The molecule has 0 aromatic rings. The first-order chi connectivity index (χ1) is 22.3. The number of nitrogens with one attached hydrogen (secondary N) is 4. The van der Waals surface area contributed by atoms with Crippen molar-refractivity contribution in [3.63, 3.8) is 0 Å². The van der Waals surface area contributed by atoms with Crippen LogP contribution in [0.15, 0.2) is 24.3 Å². The Morgan fingerprint density at radius 2 is 1.70 bits per heavy atom. The molecule has 2 aliphatic heterocycles. The standard InChI is InChI=1S/C35H58N4O6S/c1-2-3-7-14-25(40)19-20-27-26(29(41)23-30(27)42)15-8-4-5-9-17-32(43)36-21-12-6-13-22-37-33(44)18-11-10-16-31-34-28(24-46-31)38-35(45)39-34/h4,8,19-20,25-28,30-31,34,40,42H,2-3,5-7,9-18,21-24H2,1H3,(H,36,43)(H,37,44)(H2,38,39,45)/b8-4-,20-19+/t25?,26-,27-,28?,30?,31?,34?/m1/s1. The first-order valence-corrected chi connectivity index (χ1v) is 18.8. The smallest absolute Gasteiger partial charge is 0.315 e. The molecule has 6 N–H and O–H groups in total. The largest absolute Gasteiger partial charge is 0.392 e. The van der Waals surface area contributed by atoms with Crippen molar-refractivity contribution in [3.8, 4) is 0 Å². The summed E-state index contributed by atoms with van der Waals surface area (Å²) in [5, 5.41) is 32.9. The zero-order valence-electron chi connectivity index (χ0n) is 27.7. The van der Waals surface area contributed by atoms with Gasteiger partial charge in [0.15, 0.2) is 0 Å². The van der Waals surface area contributed by atoms with Crippen molar-refractivity contribution in [2.45, 2.75) is 139 Å². The van der Waals surface area contributed by atoms with Crippen LogP contribution in [0.3, 0.4) is 0 Å². The molecule has 1 saturated carbocycles. The molecule has 260 valence electrons. The number of carbonyl (C=O) groups is 4. The van der Waals surface area contributed by atoms with Crippen LogP contribution >= 0.6 is 11.8 Å². The van der Waals surface area contributed by atoms with E-state index >= 15 is 0 Å². The minimum atomic E-state index is -0.694. The fraction of sp³-hybridized carbons (Fsp3) is 0.771. The van der Waals surface area contributed by atoms with Crippen LogP contribution in [0.5, 0.6) is 0 Å². The molecule has 5 unspecified atom stereocenters. The highest BCUT2D eigenvalue weighted by Crippen LogP contribution is 2.34. The Morgan fingerprint density at radius 3 is 2.43 bits per heavy atom. The third-order valence-electron chi connectivity index (χ3n) is 9.30. The number of fused-ring (bicyclic) bond motifs is 1. The lowest BCUT2D eigenvalue weighted by Crippen LogP contribution is -2.36. The van der Waals surface area contributed by atoms with Crippen LogP contribution in [0.2, 0.25) is 0 Å². The van der Waals surface area contributed by atoms with Crippen LogP contribution in [0, 0.1) is 11.8 Å². The second-order valence-corrected chi connectivity index (χ2v) is 14.4. The predicted molar refractivity (Wildman–Crippen MR) is 183 cm³/mol. The summed E-state index contributed by atoms with van der Waals surface area (Å²) in [6.45, 7) is 3.41. The quantitative estimate of drug-likeness (QED) is 0.0541. The number of hydrogen-bond acceptors (Lipinski definition) is 7. The van der Waals surface area contributed by atoms with Gasteiger partial charge in [0.25, 0.3) is 0 Å². The van der Waals surface area contributed by atoms with Gasteiger partial charge in [-0.2, -0.15) is 11.8 Å². The summed E-state index contributed by atoms with van der Waals surface area (Å²) >= 11 is 1.90. The molecule has 2 heterocycles. The maximum absolute atomic E-state index is 12.4. The Kier molecular flexibility index (Phi) is 17.8. The van der Waals surface area contributed by atoms with E-state index in [0.29, 0.717) is 44.0 Å². The number of thioether (sulfide) groups is 1. The van der Waals surface area contributed by atoms with Crippen molar-refractivity contribution in [2.75, 3.05) is 18.8 Å². The molecule has 1 aliphatic carbocycles. The van der Waals surface area contributed by atoms with Gasteiger partial charge < -0.3 is 31.5 Å². The van der Waals surface area contributed by atoms with E-state index in [2.05, 4.69) is 28.2 Å². The SMILES string of the molecule is CCCCCC(O)/C=C/[C@H]1C(O)CC(=O)[C@@H]1C/C=C\CCCC(=O)NCCCCCNC(=O)CCCCC1SCC2NC(=O)NC21. The van der Waals surface area contributed by atoms with Gasteiger partial charge in [0, 0.05) is 55.2 Å². The molecular weight excluding hydrogens is 604 g/mol. The van der Waals surface area contributed by atoms with Crippen LogP contribution < -0.4 is 21.3 Å². The maximum atomic E-state index is 12.4. The van der Waals surface area contributed by atoms with Gasteiger partial charge in [-0.1, -0.05) is 56.9 Å². The van der Waals surface area contributed by atoms with Crippen molar-refractivity contribution >= 4 is 35.4 Å². The molecule has 11 heteroatoms. The highest BCUT2D eigenvalue weighted by molar-refractivity contribution is 8.00. The molecule has 3 rings (SSSR count). The van der Waals surface area contributed by atoms with Crippen LogP contribution in [-0.4, -0.2) is 82.2 Å². The molecule has 0 aromatic carbocycles. The van der Waals surface area contributed by atoms with E-state index < -0.39 is 12.2 Å². The van der Waals surface area contributed by atoms with Crippen molar-refractivity contribution in [1.82, 2.24) is 21.3 Å². The van der Waals surface area contributed by atoms with Crippen LogP contribution in [-0.2, 0) is 14.4 Å². The molecule has 4 amide bonds. The average molecular weight is 663 g/mol. The Bertz CT molecular complexity index is 1020. The van der Waals surface area contributed by atoms with Gasteiger partial charge in [0.2, 0.25) is 11.8 Å². The minimum absolute atomic E-state index is 0.0385. The van der Waals surface area contributed by atoms with E-state index in [-0.39, 0.29) is 54.0 Å². The summed E-state index contributed by atoms with van der Waals surface area (Å²) in [4.78, 5) is 48.2. The molecule has 0 radical (unpaired) electrons. The van der Waals surface area contributed by atoms with Gasteiger partial charge in [0.05, 0.1) is 24.3 Å². The molecule has 46 heavy (non-hydrogen) atoms. The number of aliphatic hydroxyl groups excluding tert-OH is 2. The fourth-order valence-electron chi connectivity index (χ4n) is 6.56. The van der Waals surface area contributed by atoms with Gasteiger partial charge in [-0.05, 0) is 57.8 Å². The number of urea groups is 1. The lowest BCUT2D eigenvalue weighted by molar-refractivity contribution is -0.122. The lowest BCUT2D eigenvalue weighted by atomic mass is 9.90. The van der Waals surface area contributed by atoms with Crippen molar-refractivity contribution < 1.29 is 29.4 Å². The van der Waals surface area contributed by atoms with E-state index in [1.807, 2.05) is 30.0 Å². The van der Waals surface area contributed by atoms with Crippen molar-refractivity contribution in [2.24, 2.45) is 11.8 Å². The maximum Gasteiger partial charge on any atom is 0.315 e. The number of amides is 4. The predicted octanol–water partition coefficient (Wildman–Crippen LogP) is 4.30. The van der Waals surface area contributed by atoms with Crippen molar-refractivity contribution in [1.29, 1.82) is 0 Å². The van der Waals surface area contributed by atoms with Gasteiger partial charge in [-0.25, -0.2) is 4.79 Å². The third-order valence-corrected chi connectivity index (χ3v) is 10.8. The molecule has 2 saturated heterocycles. The number of aliphatic hydroxyl groups is 2. The Labute approximate surface area is 279 Å². The number of ketones is 1. The number of carbonyl (C=O) groups excluding carboxylic acids is 4. The summed E-state index contributed by atoms with van der Waals surface area (Å²) in [6, 6.07) is 0.407. The Balaban J connectivity index is 1.13. The van der Waals surface area contributed by atoms with Crippen LogP contribution in [0.4, 0.5) is 4.79 Å². The van der Waals surface area contributed by atoms with Crippen LogP contribution in [0.1, 0.15) is 110 Å². The fourth-order valence-corrected chi connectivity index (χ4v) is 8.10.